The van der Waals surface area contributed by atoms with Crippen LogP contribution in [0.4, 0.5) is 0 Å². The molecule has 0 saturated carbocycles. The van der Waals surface area contributed by atoms with E-state index in [4.69, 9.17) is 9.57 Å². The van der Waals surface area contributed by atoms with Gasteiger partial charge in [0.05, 0.1) is 6.10 Å². The fourth-order valence-electron chi connectivity index (χ4n) is 3.60. The van der Waals surface area contributed by atoms with Crippen LogP contribution in [0.15, 0.2) is 54.6 Å². The number of hydrogen-bond donors (Lipinski definition) is 0. The van der Waals surface area contributed by atoms with Crippen molar-refractivity contribution in [2.45, 2.75) is 64.6 Å². The molecule has 2 aromatic rings. The minimum Gasteiger partial charge on any atom is -0.368 e. The van der Waals surface area contributed by atoms with Crippen molar-refractivity contribution >= 4 is 5.97 Å². The minimum absolute atomic E-state index is 0.0973. The summed E-state index contributed by atoms with van der Waals surface area (Å²) in [4.78, 5) is 16.9. The molecule has 0 N–H and O–H groups in total. The molecule has 0 aliphatic carbocycles. The Labute approximate surface area is 174 Å². The van der Waals surface area contributed by atoms with Crippen LogP contribution in [0.2, 0.25) is 0 Å². The Hall–Kier alpha value is -2.17. The molecule has 1 fully saturated rings. The lowest BCUT2D eigenvalue weighted by Crippen LogP contribution is -2.38. The number of hydroxylamine groups is 2. The van der Waals surface area contributed by atoms with Crippen molar-refractivity contribution < 1.29 is 14.4 Å². The van der Waals surface area contributed by atoms with Crippen LogP contribution in [0.1, 0.15) is 69.8 Å². The standard InChI is InChI=1S/C25H33NO3/c1-5-23(27)29-26-17-15-22(16-18-26)28-24(19-9-7-6-8-10-19)20-11-13-21(14-12-20)25(2,3)4/h6-14,22,24H,5,15-18H2,1-4H3. The van der Waals surface area contributed by atoms with Crippen LogP contribution in [0.3, 0.4) is 0 Å². The van der Waals surface area contributed by atoms with Crippen LogP contribution in [0.25, 0.3) is 0 Å². The number of carbonyl (C=O) groups is 1. The molecule has 4 nitrogen and oxygen atoms in total. The number of nitrogens with zero attached hydrogens (tertiary/aromatic N) is 1. The Kier molecular flexibility index (Phi) is 7.09. The van der Waals surface area contributed by atoms with E-state index in [1.807, 2.05) is 13.0 Å². The van der Waals surface area contributed by atoms with Gasteiger partial charge in [0.2, 0.25) is 0 Å². The highest BCUT2D eigenvalue weighted by molar-refractivity contribution is 5.68. The van der Waals surface area contributed by atoms with Crippen molar-refractivity contribution in [3.63, 3.8) is 0 Å². The van der Waals surface area contributed by atoms with E-state index < -0.39 is 0 Å². The molecule has 1 unspecified atom stereocenters. The van der Waals surface area contributed by atoms with E-state index in [2.05, 4.69) is 69.3 Å². The summed E-state index contributed by atoms with van der Waals surface area (Å²) in [6.45, 7) is 9.92. The van der Waals surface area contributed by atoms with Gasteiger partial charge in [0.25, 0.3) is 0 Å². The summed E-state index contributed by atoms with van der Waals surface area (Å²) in [5.74, 6) is -0.175. The molecular formula is C25H33NO3. The van der Waals surface area contributed by atoms with Crippen molar-refractivity contribution in [3.8, 4) is 0 Å². The average Bonchev–Trinajstić information content (AvgIpc) is 2.73. The molecule has 1 heterocycles. The first-order valence-corrected chi connectivity index (χ1v) is 10.6. The molecule has 0 amide bonds. The fourth-order valence-corrected chi connectivity index (χ4v) is 3.60. The second kappa shape index (κ2) is 9.55. The third kappa shape index (κ3) is 5.91. The average molecular weight is 396 g/mol. The first kappa shape index (κ1) is 21.5. The smallest absolute Gasteiger partial charge is 0.324 e. The highest BCUT2D eigenvalue weighted by atomic mass is 16.7. The Morgan fingerprint density at radius 3 is 2.14 bits per heavy atom. The maximum atomic E-state index is 11.5. The highest BCUT2D eigenvalue weighted by Gasteiger charge is 2.26. The molecule has 29 heavy (non-hydrogen) atoms. The molecule has 1 atom stereocenters. The molecule has 1 saturated heterocycles. The number of hydrogen-bond acceptors (Lipinski definition) is 4. The van der Waals surface area contributed by atoms with Gasteiger partial charge in [0.15, 0.2) is 0 Å². The number of piperidine rings is 1. The zero-order valence-corrected chi connectivity index (χ0v) is 18.1. The maximum absolute atomic E-state index is 11.5. The summed E-state index contributed by atoms with van der Waals surface area (Å²) in [6.07, 6.45) is 2.14. The van der Waals surface area contributed by atoms with Gasteiger partial charge in [-0.15, -0.1) is 5.06 Å². The lowest BCUT2D eigenvalue weighted by Gasteiger charge is -2.33. The van der Waals surface area contributed by atoms with Crippen LogP contribution in [-0.4, -0.2) is 30.2 Å². The Balaban J connectivity index is 1.72. The molecule has 4 heteroatoms. The van der Waals surface area contributed by atoms with E-state index in [1.165, 1.54) is 11.1 Å². The second-order valence-corrected chi connectivity index (χ2v) is 8.74. The predicted molar refractivity (Wildman–Crippen MR) is 115 cm³/mol. The second-order valence-electron chi connectivity index (χ2n) is 8.74. The molecule has 1 aliphatic rings. The minimum atomic E-state index is -0.175. The molecule has 3 rings (SSSR count). The van der Waals surface area contributed by atoms with E-state index >= 15 is 0 Å². The first-order chi connectivity index (χ1) is 13.9. The quantitative estimate of drug-likeness (QED) is 0.654. The van der Waals surface area contributed by atoms with Crippen molar-refractivity contribution in [2.75, 3.05) is 13.1 Å². The monoisotopic (exact) mass is 395 g/mol. The molecular weight excluding hydrogens is 362 g/mol. The summed E-state index contributed by atoms with van der Waals surface area (Å²) in [5.41, 5.74) is 3.78. The van der Waals surface area contributed by atoms with Crippen LogP contribution in [0, 0.1) is 0 Å². The molecule has 0 bridgehead atoms. The van der Waals surface area contributed by atoms with Gasteiger partial charge in [-0.25, -0.2) is 0 Å². The topological polar surface area (TPSA) is 38.8 Å². The molecule has 0 spiro atoms. The number of ether oxygens (including phenoxy) is 1. The molecule has 2 aromatic carbocycles. The van der Waals surface area contributed by atoms with Crippen molar-refractivity contribution in [1.82, 2.24) is 5.06 Å². The normalized spacial score (nSPS) is 17.1. The first-order valence-electron chi connectivity index (χ1n) is 10.6. The van der Waals surface area contributed by atoms with Crippen LogP contribution >= 0.6 is 0 Å². The third-order valence-corrected chi connectivity index (χ3v) is 5.43. The third-order valence-electron chi connectivity index (χ3n) is 5.43. The molecule has 0 aromatic heterocycles. The number of benzene rings is 2. The van der Waals surface area contributed by atoms with E-state index in [0.29, 0.717) is 19.5 Å². The fraction of sp³-hybridized carbons (Fsp3) is 0.480. The van der Waals surface area contributed by atoms with Gasteiger partial charge in [-0.05, 0) is 34.9 Å². The SMILES string of the molecule is CCC(=O)ON1CCC(OC(c2ccccc2)c2ccc(C(C)(C)C)cc2)CC1. The zero-order valence-electron chi connectivity index (χ0n) is 18.1. The number of carbonyl (C=O) groups excluding carboxylic acids is 1. The molecule has 1 aliphatic heterocycles. The summed E-state index contributed by atoms with van der Waals surface area (Å²) >= 11 is 0. The van der Waals surface area contributed by atoms with Crippen molar-refractivity contribution in [2.24, 2.45) is 0 Å². The molecule has 156 valence electrons. The van der Waals surface area contributed by atoms with Gasteiger partial charge in [0, 0.05) is 19.5 Å². The number of rotatable bonds is 6. The Morgan fingerprint density at radius 2 is 1.59 bits per heavy atom. The Morgan fingerprint density at radius 1 is 1.00 bits per heavy atom. The van der Waals surface area contributed by atoms with Crippen LogP contribution in [0.5, 0.6) is 0 Å². The van der Waals surface area contributed by atoms with E-state index in [1.54, 1.807) is 5.06 Å². The summed E-state index contributed by atoms with van der Waals surface area (Å²) in [5, 5.41) is 1.77. The lowest BCUT2D eigenvalue weighted by atomic mass is 9.86. The zero-order chi connectivity index (χ0) is 20.9. The van der Waals surface area contributed by atoms with Gasteiger partial charge < -0.3 is 9.57 Å². The largest absolute Gasteiger partial charge is 0.368 e. The molecule has 0 radical (unpaired) electrons. The van der Waals surface area contributed by atoms with Crippen LogP contribution < -0.4 is 0 Å². The van der Waals surface area contributed by atoms with Crippen molar-refractivity contribution in [3.05, 3.63) is 71.3 Å². The Bertz CT molecular complexity index is 772. The van der Waals surface area contributed by atoms with Crippen LogP contribution in [-0.2, 0) is 19.8 Å². The lowest BCUT2D eigenvalue weighted by molar-refractivity contribution is -0.201. The van der Waals surface area contributed by atoms with E-state index in [0.717, 1.165) is 18.4 Å². The van der Waals surface area contributed by atoms with Gasteiger partial charge in [-0.3, -0.25) is 4.79 Å². The highest BCUT2D eigenvalue weighted by Crippen LogP contribution is 2.32. The summed E-state index contributed by atoms with van der Waals surface area (Å²) in [6, 6.07) is 19.2. The van der Waals surface area contributed by atoms with Gasteiger partial charge in [-0.2, -0.15) is 0 Å². The summed E-state index contributed by atoms with van der Waals surface area (Å²) in [7, 11) is 0. The van der Waals surface area contributed by atoms with E-state index in [9.17, 15) is 4.79 Å². The van der Waals surface area contributed by atoms with Gasteiger partial charge >= 0.3 is 5.97 Å². The maximum Gasteiger partial charge on any atom is 0.324 e. The predicted octanol–water partition coefficient (Wildman–Crippen LogP) is 5.42. The van der Waals surface area contributed by atoms with Gasteiger partial charge in [-0.1, -0.05) is 82.3 Å². The van der Waals surface area contributed by atoms with E-state index in [-0.39, 0.29) is 23.6 Å². The van der Waals surface area contributed by atoms with Crippen molar-refractivity contribution in [1.29, 1.82) is 0 Å². The van der Waals surface area contributed by atoms with Gasteiger partial charge in [0.1, 0.15) is 6.10 Å². The summed E-state index contributed by atoms with van der Waals surface area (Å²) < 4.78 is 6.60.